The van der Waals surface area contributed by atoms with E-state index in [2.05, 4.69) is 10.3 Å². The van der Waals surface area contributed by atoms with Crippen molar-refractivity contribution in [3.05, 3.63) is 38.5 Å². The molecule has 0 aliphatic rings. The second kappa shape index (κ2) is 5.27. The molecule has 1 atom stereocenters. The molecule has 2 rings (SSSR count). The van der Waals surface area contributed by atoms with Crippen LogP contribution in [-0.4, -0.2) is 16.6 Å². The van der Waals surface area contributed by atoms with Crippen LogP contribution in [0.25, 0.3) is 0 Å². The Morgan fingerprint density at radius 2 is 2.29 bits per heavy atom. The summed E-state index contributed by atoms with van der Waals surface area (Å²) in [6.07, 6.45) is 0. The van der Waals surface area contributed by atoms with Gasteiger partial charge in [0.2, 0.25) is 0 Å². The third kappa shape index (κ3) is 3.35. The van der Waals surface area contributed by atoms with Gasteiger partial charge in [0.25, 0.3) is 0 Å². The SMILES string of the molecule is Cc1csc(CNCC(C)(O)c2cccs2)n1. The molecule has 0 saturated heterocycles. The molecule has 2 N–H and O–H groups in total. The van der Waals surface area contributed by atoms with Crippen LogP contribution in [0.2, 0.25) is 0 Å². The summed E-state index contributed by atoms with van der Waals surface area (Å²) in [5, 5.41) is 18.6. The first kappa shape index (κ1) is 12.7. The molecular formula is C12H16N2OS2. The maximum Gasteiger partial charge on any atom is 0.108 e. The first-order valence-corrected chi connectivity index (χ1v) is 7.22. The van der Waals surface area contributed by atoms with Crippen molar-refractivity contribution in [2.75, 3.05) is 6.54 Å². The third-order valence-electron chi connectivity index (χ3n) is 2.46. The first-order valence-electron chi connectivity index (χ1n) is 5.46. The third-order valence-corrected chi connectivity index (χ3v) is 4.55. The lowest BCUT2D eigenvalue weighted by Gasteiger charge is -2.22. The fourth-order valence-electron chi connectivity index (χ4n) is 1.57. The zero-order valence-electron chi connectivity index (χ0n) is 9.93. The molecule has 0 spiro atoms. The van der Waals surface area contributed by atoms with Gasteiger partial charge in [0.05, 0.1) is 0 Å². The van der Waals surface area contributed by atoms with Gasteiger partial charge in [-0.1, -0.05) is 6.07 Å². The number of rotatable bonds is 5. The number of aryl methyl sites for hydroxylation is 1. The van der Waals surface area contributed by atoms with Crippen LogP contribution in [0.3, 0.4) is 0 Å². The van der Waals surface area contributed by atoms with Crippen molar-refractivity contribution >= 4 is 22.7 Å². The van der Waals surface area contributed by atoms with E-state index >= 15 is 0 Å². The van der Waals surface area contributed by atoms with Gasteiger partial charge in [0, 0.05) is 29.0 Å². The van der Waals surface area contributed by atoms with E-state index in [1.165, 1.54) is 0 Å². The standard InChI is InChI=1S/C12H16N2OS2/c1-9-7-17-11(14-9)6-13-8-12(2,15)10-4-3-5-16-10/h3-5,7,13,15H,6,8H2,1-2H3. The molecule has 3 nitrogen and oxygen atoms in total. The van der Waals surface area contributed by atoms with Gasteiger partial charge in [-0.05, 0) is 25.3 Å². The molecule has 0 fully saturated rings. The van der Waals surface area contributed by atoms with E-state index in [0.29, 0.717) is 13.1 Å². The van der Waals surface area contributed by atoms with E-state index in [4.69, 9.17) is 0 Å². The first-order chi connectivity index (χ1) is 8.08. The Morgan fingerprint density at radius 3 is 2.88 bits per heavy atom. The molecule has 2 aromatic heterocycles. The lowest BCUT2D eigenvalue weighted by atomic mass is 10.1. The van der Waals surface area contributed by atoms with Crippen molar-refractivity contribution < 1.29 is 5.11 Å². The molecule has 0 aliphatic heterocycles. The number of thiazole rings is 1. The maximum atomic E-state index is 10.3. The second-order valence-electron chi connectivity index (χ2n) is 4.24. The van der Waals surface area contributed by atoms with Crippen molar-refractivity contribution in [1.29, 1.82) is 0 Å². The predicted octanol–water partition coefficient (Wildman–Crippen LogP) is 2.51. The lowest BCUT2D eigenvalue weighted by molar-refractivity contribution is 0.0604. The monoisotopic (exact) mass is 268 g/mol. The smallest absolute Gasteiger partial charge is 0.108 e. The van der Waals surface area contributed by atoms with Crippen LogP contribution in [0.1, 0.15) is 22.5 Å². The zero-order valence-corrected chi connectivity index (χ0v) is 11.6. The van der Waals surface area contributed by atoms with Gasteiger partial charge >= 0.3 is 0 Å². The Balaban J connectivity index is 1.86. The van der Waals surface area contributed by atoms with Gasteiger partial charge in [-0.25, -0.2) is 4.98 Å². The van der Waals surface area contributed by atoms with Crippen LogP contribution in [0.4, 0.5) is 0 Å². The summed E-state index contributed by atoms with van der Waals surface area (Å²) >= 11 is 3.22. The average Bonchev–Trinajstić information content (AvgIpc) is 2.89. The highest BCUT2D eigenvalue weighted by Gasteiger charge is 2.23. The molecule has 0 saturated carbocycles. The summed E-state index contributed by atoms with van der Waals surface area (Å²) < 4.78 is 0. The highest BCUT2D eigenvalue weighted by atomic mass is 32.1. The van der Waals surface area contributed by atoms with Crippen molar-refractivity contribution in [2.45, 2.75) is 26.0 Å². The normalized spacial score (nSPS) is 14.8. The van der Waals surface area contributed by atoms with E-state index in [9.17, 15) is 5.11 Å². The summed E-state index contributed by atoms with van der Waals surface area (Å²) in [5.74, 6) is 0. The fourth-order valence-corrected chi connectivity index (χ4v) is 3.10. The quantitative estimate of drug-likeness (QED) is 0.876. The summed E-state index contributed by atoms with van der Waals surface area (Å²) in [6, 6.07) is 3.92. The Morgan fingerprint density at radius 1 is 1.47 bits per heavy atom. The molecule has 0 bridgehead atoms. The fraction of sp³-hybridized carbons (Fsp3) is 0.417. The Kier molecular flexibility index (Phi) is 3.93. The van der Waals surface area contributed by atoms with Crippen LogP contribution >= 0.6 is 22.7 Å². The number of aromatic nitrogens is 1. The molecule has 0 radical (unpaired) electrons. The van der Waals surface area contributed by atoms with Gasteiger partial charge in [0.15, 0.2) is 0 Å². The van der Waals surface area contributed by atoms with Crippen LogP contribution in [0, 0.1) is 6.92 Å². The van der Waals surface area contributed by atoms with Gasteiger partial charge in [-0.2, -0.15) is 0 Å². The Labute approximate surface area is 109 Å². The van der Waals surface area contributed by atoms with Gasteiger partial charge in [-0.15, -0.1) is 22.7 Å². The molecule has 2 aromatic rings. The highest BCUT2D eigenvalue weighted by Crippen LogP contribution is 2.24. The largest absolute Gasteiger partial charge is 0.383 e. The molecule has 92 valence electrons. The van der Waals surface area contributed by atoms with Crippen molar-refractivity contribution in [3.8, 4) is 0 Å². The predicted molar refractivity (Wildman–Crippen MR) is 72.4 cm³/mol. The van der Waals surface area contributed by atoms with E-state index in [1.807, 2.05) is 36.7 Å². The molecule has 2 heterocycles. The van der Waals surface area contributed by atoms with Crippen LogP contribution in [0.15, 0.2) is 22.9 Å². The number of nitrogens with zero attached hydrogens (tertiary/aromatic N) is 1. The topological polar surface area (TPSA) is 45.1 Å². The zero-order chi connectivity index (χ0) is 12.3. The molecule has 0 aliphatic carbocycles. The minimum Gasteiger partial charge on any atom is -0.383 e. The van der Waals surface area contributed by atoms with E-state index in [0.717, 1.165) is 15.6 Å². The van der Waals surface area contributed by atoms with Crippen molar-refractivity contribution in [2.24, 2.45) is 0 Å². The Hall–Kier alpha value is -0.750. The number of hydrogen-bond donors (Lipinski definition) is 2. The second-order valence-corrected chi connectivity index (χ2v) is 6.13. The molecular weight excluding hydrogens is 252 g/mol. The van der Waals surface area contributed by atoms with Gasteiger partial charge in [0.1, 0.15) is 10.6 Å². The molecule has 0 aromatic carbocycles. The number of hydrogen-bond acceptors (Lipinski definition) is 5. The van der Waals surface area contributed by atoms with Crippen molar-refractivity contribution in [3.63, 3.8) is 0 Å². The summed E-state index contributed by atoms with van der Waals surface area (Å²) in [4.78, 5) is 5.36. The maximum absolute atomic E-state index is 10.3. The van der Waals surface area contributed by atoms with E-state index in [1.54, 1.807) is 22.7 Å². The Bertz CT molecular complexity index is 463. The van der Waals surface area contributed by atoms with Crippen molar-refractivity contribution in [1.82, 2.24) is 10.3 Å². The minimum atomic E-state index is -0.805. The van der Waals surface area contributed by atoms with Crippen LogP contribution in [-0.2, 0) is 12.1 Å². The molecule has 1 unspecified atom stereocenters. The number of thiophene rings is 1. The highest BCUT2D eigenvalue weighted by molar-refractivity contribution is 7.10. The molecule has 5 heteroatoms. The van der Waals surface area contributed by atoms with Crippen LogP contribution < -0.4 is 5.32 Å². The van der Waals surface area contributed by atoms with Crippen LogP contribution in [0.5, 0.6) is 0 Å². The summed E-state index contributed by atoms with van der Waals surface area (Å²) in [5.41, 5.74) is 0.248. The van der Waals surface area contributed by atoms with E-state index in [-0.39, 0.29) is 0 Å². The molecule has 17 heavy (non-hydrogen) atoms. The minimum absolute atomic E-state index is 0.534. The average molecular weight is 268 g/mol. The summed E-state index contributed by atoms with van der Waals surface area (Å²) in [6.45, 7) is 5.06. The number of nitrogens with one attached hydrogen (secondary N) is 1. The molecule has 0 amide bonds. The number of aliphatic hydroxyl groups is 1. The van der Waals surface area contributed by atoms with Gasteiger partial charge in [-0.3, -0.25) is 0 Å². The summed E-state index contributed by atoms with van der Waals surface area (Å²) in [7, 11) is 0. The van der Waals surface area contributed by atoms with Gasteiger partial charge < -0.3 is 10.4 Å². The van der Waals surface area contributed by atoms with E-state index < -0.39 is 5.60 Å². The lowest BCUT2D eigenvalue weighted by Crippen LogP contribution is -2.34.